The van der Waals surface area contributed by atoms with Crippen molar-refractivity contribution in [2.75, 3.05) is 13.2 Å². The highest BCUT2D eigenvalue weighted by molar-refractivity contribution is 9.10. The molecule has 0 atom stereocenters. The first-order valence-electron chi connectivity index (χ1n) is 7.00. The fourth-order valence-corrected chi connectivity index (χ4v) is 3.54. The fraction of sp³-hybridized carbons (Fsp3) is 0.375. The van der Waals surface area contributed by atoms with Gasteiger partial charge in [0, 0.05) is 40.0 Å². The molecule has 0 saturated carbocycles. The zero-order valence-corrected chi connectivity index (χ0v) is 12.7. The second kappa shape index (κ2) is 4.72. The van der Waals surface area contributed by atoms with Crippen LogP contribution in [0.2, 0.25) is 0 Å². The molecule has 104 valence electrons. The average Bonchev–Trinajstić information content (AvgIpc) is 3.07. The second-order valence-corrected chi connectivity index (χ2v) is 6.35. The molecule has 0 bridgehead atoms. The second-order valence-electron chi connectivity index (χ2n) is 5.43. The van der Waals surface area contributed by atoms with Crippen LogP contribution in [0.4, 0.5) is 0 Å². The van der Waals surface area contributed by atoms with Crippen molar-refractivity contribution in [2.24, 2.45) is 0 Å². The minimum Gasteiger partial charge on any atom is -0.361 e. The van der Waals surface area contributed by atoms with Gasteiger partial charge in [-0.3, -0.25) is 0 Å². The van der Waals surface area contributed by atoms with Crippen LogP contribution in [0, 0.1) is 0 Å². The number of hydrogen-bond acceptors (Lipinski definition) is 2. The van der Waals surface area contributed by atoms with Crippen molar-refractivity contribution in [1.82, 2.24) is 4.98 Å². The van der Waals surface area contributed by atoms with Crippen LogP contribution in [0.1, 0.15) is 24.8 Å². The number of halogens is 1. The van der Waals surface area contributed by atoms with E-state index in [0.29, 0.717) is 0 Å². The summed E-state index contributed by atoms with van der Waals surface area (Å²) in [7, 11) is 0. The van der Waals surface area contributed by atoms with Crippen LogP contribution in [0.5, 0.6) is 0 Å². The lowest BCUT2D eigenvalue weighted by Crippen LogP contribution is -2.31. The highest BCUT2D eigenvalue weighted by Crippen LogP contribution is 2.40. The van der Waals surface area contributed by atoms with Crippen molar-refractivity contribution in [2.45, 2.75) is 25.0 Å². The summed E-state index contributed by atoms with van der Waals surface area (Å²) >= 11 is 3.51. The maximum Gasteiger partial charge on any atom is 0.172 e. The van der Waals surface area contributed by atoms with Crippen LogP contribution < -0.4 is 0 Å². The van der Waals surface area contributed by atoms with E-state index in [9.17, 15) is 0 Å². The van der Waals surface area contributed by atoms with Gasteiger partial charge in [-0.25, -0.2) is 0 Å². The van der Waals surface area contributed by atoms with E-state index < -0.39 is 0 Å². The summed E-state index contributed by atoms with van der Waals surface area (Å²) in [6, 6.07) is 6.37. The molecule has 3 nitrogen and oxygen atoms in total. The van der Waals surface area contributed by atoms with Crippen molar-refractivity contribution >= 4 is 32.4 Å². The largest absolute Gasteiger partial charge is 0.361 e. The van der Waals surface area contributed by atoms with E-state index in [1.165, 1.54) is 22.0 Å². The van der Waals surface area contributed by atoms with Gasteiger partial charge < -0.3 is 14.5 Å². The molecule has 4 heteroatoms. The first-order chi connectivity index (χ1) is 9.76. The summed E-state index contributed by atoms with van der Waals surface area (Å²) in [6.07, 6.45) is 7.19. The predicted molar refractivity (Wildman–Crippen MR) is 82.5 cm³/mol. The van der Waals surface area contributed by atoms with E-state index in [1.807, 2.05) is 0 Å². The molecule has 0 amide bonds. The number of aromatic nitrogens is 1. The Balaban J connectivity index is 1.68. The molecule has 1 aliphatic carbocycles. The van der Waals surface area contributed by atoms with Crippen LogP contribution in [0.25, 0.3) is 16.5 Å². The molecule has 4 rings (SSSR count). The molecule has 2 aromatic rings. The summed E-state index contributed by atoms with van der Waals surface area (Å²) in [4.78, 5) is 3.35. The smallest absolute Gasteiger partial charge is 0.172 e. The topological polar surface area (TPSA) is 34.2 Å². The summed E-state index contributed by atoms with van der Waals surface area (Å²) in [5, 5.41) is 1.28. The quantitative estimate of drug-likeness (QED) is 0.846. The number of hydrogen-bond donors (Lipinski definition) is 1. The van der Waals surface area contributed by atoms with Crippen molar-refractivity contribution < 1.29 is 9.47 Å². The van der Waals surface area contributed by atoms with E-state index in [0.717, 1.165) is 36.9 Å². The van der Waals surface area contributed by atoms with Gasteiger partial charge in [-0.05, 0) is 24.1 Å². The summed E-state index contributed by atoms with van der Waals surface area (Å²) < 4.78 is 12.6. The third-order valence-electron chi connectivity index (χ3n) is 4.24. The summed E-state index contributed by atoms with van der Waals surface area (Å²) in [6.45, 7) is 1.45. The van der Waals surface area contributed by atoms with Gasteiger partial charge in [0.25, 0.3) is 0 Å². The highest BCUT2D eigenvalue weighted by Gasteiger charge is 2.37. The molecular formula is C16H16BrNO2. The molecular weight excluding hydrogens is 318 g/mol. The Bertz CT molecular complexity index is 683. The number of nitrogens with one attached hydrogen (secondary N) is 1. The number of rotatable bonds is 1. The number of allylic oxidation sites excluding steroid dienone is 1. The van der Waals surface area contributed by atoms with Crippen molar-refractivity contribution in [1.29, 1.82) is 0 Å². The third-order valence-corrected chi connectivity index (χ3v) is 4.73. The van der Waals surface area contributed by atoms with Crippen LogP contribution in [0.3, 0.4) is 0 Å². The van der Waals surface area contributed by atoms with Gasteiger partial charge in [-0.1, -0.05) is 28.1 Å². The zero-order chi connectivity index (χ0) is 13.6. The fourth-order valence-electron chi connectivity index (χ4n) is 3.18. The van der Waals surface area contributed by atoms with Gasteiger partial charge in [0.15, 0.2) is 5.79 Å². The Morgan fingerprint density at radius 2 is 2.05 bits per heavy atom. The minimum absolute atomic E-state index is 0.335. The van der Waals surface area contributed by atoms with E-state index >= 15 is 0 Å². The van der Waals surface area contributed by atoms with Crippen LogP contribution in [-0.2, 0) is 9.47 Å². The highest BCUT2D eigenvalue weighted by atomic mass is 79.9. The Morgan fingerprint density at radius 1 is 1.20 bits per heavy atom. The van der Waals surface area contributed by atoms with E-state index in [2.05, 4.69) is 51.4 Å². The SMILES string of the molecule is Brc1ccc2c(C3=CCC4(CC3)OCCO4)c[nH]c2c1. The van der Waals surface area contributed by atoms with Gasteiger partial charge in [0.1, 0.15) is 0 Å². The average molecular weight is 334 g/mol. The van der Waals surface area contributed by atoms with Crippen LogP contribution in [-0.4, -0.2) is 24.0 Å². The monoisotopic (exact) mass is 333 g/mol. The molecule has 1 N–H and O–H groups in total. The van der Waals surface area contributed by atoms with Crippen LogP contribution in [0.15, 0.2) is 34.9 Å². The number of H-pyrrole nitrogens is 1. The number of aromatic amines is 1. The molecule has 0 unspecified atom stereocenters. The number of ether oxygens (including phenoxy) is 2. The lowest BCUT2D eigenvalue weighted by Gasteiger charge is -2.30. The molecule has 1 aromatic carbocycles. The zero-order valence-electron chi connectivity index (χ0n) is 11.1. The first kappa shape index (κ1) is 12.6. The van der Waals surface area contributed by atoms with Crippen molar-refractivity contribution in [3.8, 4) is 0 Å². The Hall–Kier alpha value is -1.10. The van der Waals surface area contributed by atoms with Crippen molar-refractivity contribution in [3.63, 3.8) is 0 Å². The molecule has 1 aliphatic heterocycles. The van der Waals surface area contributed by atoms with E-state index in [1.54, 1.807) is 0 Å². The minimum atomic E-state index is -0.335. The third kappa shape index (κ3) is 2.03. The van der Waals surface area contributed by atoms with Gasteiger partial charge >= 0.3 is 0 Å². The summed E-state index contributed by atoms with van der Waals surface area (Å²) in [5.41, 5.74) is 3.87. The molecule has 20 heavy (non-hydrogen) atoms. The molecule has 0 radical (unpaired) electrons. The maximum atomic E-state index is 5.77. The molecule has 1 fully saturated rings. The lowest BCUT2D eigenvalue weighted by molar-refractivity contribution is -0.159. The van der Waals surface area contributed by atoms with Gasteiger partial charge in [0.2, 0.25) is 0 Å². The van der Waals surface area contributed by atoms with E-state index in [4.69, 9.17) is 9.47 Å². The lowest BCUT2D eigenvalue weighted by atomic mass is 9.90. The molecule has 1 spiro atoms. The number of benzene rings is 1. The Morgan fingerprint density at radius 3 is 2.80 bits per heavy atom. The van der Waals surface area contributed by atoms with Crippen LogP contribution >= 0.6 is 15.9 Å². The standard InChI is InChI=1S/C16H16BrNO2/c17-12-1-2-13-14(10-18-15(13)9-12)11-3-5-16(6-4-11)19-7-8-20-16/h1-3,9-10,18H,4-8H2. The molecule has 2 heterocycles. The molecule has 1 aromatic heterocycles. The van der Waals surface area contributed by atoms with Gasteiger partial charge in [-0.2, -0.15) is 0 Å². The maximum absolute atomic E-state index is 5.77. The number of fused-ring (bicyclic) bond motifs is 1. The molecule has 2 aliphatic rings. The normalized spacial score (nSPS) is 21.6. The van der Waals surface area contributed by atoms with E-state index in [-0.39, 0.29) is 5.79 Å². The summed E-state index contributed by atoms with van der Waals surface area (Å²) in [5.74, 6) is -0.335. The molecule has 1 saturated heterocycles. The van der Waals surface area contributed by atoms with Gasteiger partial charge in [0.05, 0.1) is 13.2 Å². The Labute approximate surface area is 126 Å². The van der Waals surface area contributed by atoms with Crippen molar-refractivity contribution in [3.05, 3.63) is 40.5 Å². The van der Waals surface area contributed by atoms with Gasteiger partial charge in [-0.15, -0.1) is 0 Å². The predicted octanol–water partition coefficient (Wildman–Crippen LogP) is 4.24. The Kier molecular flexibility index (Phi) is 2.98. The first-order valence-corrected chi connectivity index (χ1v) is 7.79.